The quantitative estimate of drug-likeness (QED) is 0.809. The zero-order valence-corrected chi connectivity index (χ0v) is 10.9. The summed E-state index contributed by atoms with van der Waals surface area (Å²) in [5.74, 6) is 2.45. The average molecular weight is 269 g/mol. The Morgan fingerprint density at radius 1 is 1.50 bits per heavy atom. The highest BCUT2D eigenvalue weighted by Gasteiger charge is 2.15. The lowest BCUT2D eigenvalue weighted by molar-refractivity contribution is -0.141. The van der Waals surface area contributed by atoms with Gasteiger partial charge >= 0.3 is 5.97 Å². The molecule has 0 radical (unpaired) electrons. The third-order valence-electron chi connectivity index (χ3n) is 2.51. The first-order valence-electron chi connectivity index (χ1n) is 5.50. The minimum atomic E-state index is -0.575. The van der Waals surface area contributed by atoms with E-state index in [9.17, 15) is 4.79 Å². The van der Waals surface area contributed by atoms with Gasteiger partial charge in [-0.05, 0) is 17.7 Å². The van der Waals surface area contributed by atoms with Gasteiger partial charge in [0.15, 0.2) is 11.5 Å². The molecule has 0 saturated heterocycles. The second-order valence-corrected chi connectivity index (χ2v) is 4.86. The van der Waals surface area contributed by atoms with Gasteiger partial charge in [-0.3, -0.25) is 4.79 Å². The lowest BCUT2D eigenvalue weighted by Crippen LogP contribution is -2.33. The van der Waals surface area contributed by atoms with Gasteiger partial charge in [-0.25, -0.2) is 0 Å². The number of benzene rings is 1. The van der Waals surface area contributed by atoms with Crippen molar-refractivity contribution < 1.29 is 19.0 Å². The number of fused-ring (bicyclic) bond motifs is 1. The van der Waals surface area contributed by atoms with E-state index in [0.717, 1.165) is 22.8 Å². The van der Waals surface area contributed by atoms with Crippen LogP contribution < -0.4 is 15.2 Å². The zero-order valence-electron chi connectivity index (χ0n) is 10.0. The lowest BCUT2D eigenvalue weighted by Gasteiger charge is -2.08. The maximum absolute atomic E-state index is 11.1. The van der Waals surface area contributed by atoms with E-state index in [1.807, 2.05) is 18.2 Å². The fourth-order valence-corrected chi connectivity index (χ4v) is 2.48. The molecule has 1 aliphatic heterocycles. The molecule has 1 heterocycles. The van der Waals surface area contributed by atoms with Crippen molar-refractivity contribution in [3.63, 3.8) is 0 Å². The summed E-state index contributed by atoms with van der Waals surface area (Å²) < 4.78 is 15.1. The molecule has 0 saturated carbocycles. The maximum Gasteiger partial charge on any atom is 0.323 e. The van der Waals surface area contributed by atoms with Gasteiger partial charge in [-0.2, -0.15) is 11.8 Å². The van der Waals surface area contributed by atoms with Gasteiger partial charge in [0.05, 0.1) is 7.11 Å². The first-order chi connectivity index (χ1) is 8.70. The molecule has 1 aliphatic rings. The third-order valence-corrected chi connectivity index (χ3v) is 3.64. The predicted octanol–water partition coefficient (Wildman–Crippen LogP) is 1.15. The largest absolute Gasteiger partial charge is 0.468 e. The van der Waals surface area contributed by atoms with Gasteiger partial charge in [0, 0.05) is 11.5 Å². The first-order valence-corrected chi connectivity index (χ1v) is 6.66. The van der Waals surface area contributed by atoms with Crippen LogP contribution in [0.2, 0.25) is 0 Å². The molecule has 1 unspecified atom stereocenters. The standard InChI is InChI=1S/C12H15NO4S/c1-15-12(14)9(13)6-18-5-8-2-3-10-11(4-8)17-7-16-10/h2-4,9H,5-7,13H2,1H3. The zero-order chi connectivity index (χ0) is 13.0. The first kappa shape index (κ1) is 13.0. The van der Waals surface area contributed by atoms with Crippen LogP contribution in [0, 0.1) is 0 Å². The molecule has 6 heteroatoms. The molecule has 0 aliphatic carbocycles. The second kappa shape index (κ2) is 5.97. The summed E-state index contributed by atoms with van der Waals surface area (Å²) in [6.45, 7) is 0.277. The molecule has 0 aromatic heterocycles. The molecule has 18 heavy (non-hydrogen) atoms. The summed E-state index contributed by atoms with van der Waals surface area (Å²) in [4.78, 5) is 11.1. The molecule has 5 nitrogen and oxygen atoms in total. The normalized spacial score (nSPS) is 14.3. The number of carbonyl (C=O) groups is 1. The van der Waals surface area contributed by atoms with E-state index in [1.54, 1.807) is 11.8 Å². The Bertz CT molecular complexity index is 438. The second-order valence-electron chi connectivity index (χ2n) is 3.83. The topological polar surface area (TPSA) is 70.8 Å². The van der Waals surface area contributed by atoms with Crippen molar-refractivity contribution in [3.05, 3.63) is 23.8 Å². The summed E-state index contributed by atoms with van der Waals surface area (Å²) >= 11 is 1.58. The van der Waals surface area contributed by atoms with Gasteiger partial charge < -0.3 is 19.9 Å². The number of nitrogens with two attached hydrogens (primary N) is 1. The van der Waals surface area contributed by atoms with Crippen LogP contribution in [-0.4, -0.2) is 31.7 Å². The van der Waals surface area contributed by atoms with E-state index in [1.165, 1.54) is 7.11 Å². The highest BCUT2D eigenvalue weighted by molar-refractivity contribution is 7.98. The van der Waals surface area contributed by atoms with E-state index < -0.39 is 6.04 Å². The molecule has 2 N–H and O–H groups in total. The number of rotatable bonds is 5. The van der Waals surface area contributed by atoms with Crippen LogP contribution in [0.1, 0.15) is 5.56 Å². The summed E-state index contributed by atoms with van der Waals surface area (Å²) in [5.41, 5.74) is 6.75. The molecular weight excluding hydrogens is 254 g/mol. The predicted molar refractivity (Wildman–Crippen MR) is 68.7 cm³/mol. The Morgan fingerprint density at radius 2 is 2.28 bits per heavy atom. The molecule has 98 valence electrons. The molecule has 1 aromatic carbocycles. The van der Waals surface area contributed by atoms with E-state index in [4.69, 9.17) is 15.2 Å². The Morgan fingerprint density at radius 3 is 3.06 bits per heavy atom. The fourth-order valence-electron chi connectivity index (χ4n) is 1.55. The van der Waals surface area contributed by atoms with Crippen molar-refractivity contribution in [3.8, 4) is 11.5 Å². The molecule has 2 rings (SSSR count). The number of hydrogen-bond donors (Lipinski definition) is 1. The molecule has 1 atom stereocenters. The van der Waals surface area contributed by atoms with Gasteiger partial charge in [-0.1, -0.05) is 6.07 Å². The van der Waals surface area contributed by atoms with Crippen LogP contribution in [0.5, 0.6) is 11.5 Å². The minimum Gasteiger partial charge on any atom is -0.468 e. The van der Waals surface area contributed by atoms with E-state index >= 15 is 0 Å². The number of methoxy groups -OCH3 is 1. The third kappa shape index (κ3) is 3.08. The van der Waals surface area contributed by atoms with Crippen molar-refractivity contribution in [1.82, 2.24) is 0 Å². The summed E-state index contributed by atoms with van der Waals surface area (Å²) in [5, 5.41) is 0. The van der Waals surface area contributed by atoms with Crippen molar-refractivity contribution in [2.75, 3.05) is 19.7 Å². The van der Waals surface area contributed by atoms with Crippen LogP contribution in [-0.2, 0) is 15.3 Å². The summed E-state index contributed by atoms with van der Waals surface area (Å²) in [6, 6.07) is 5.23. The molecule has 0 spiro atoms. The Labute approximate surface area is 110 Å². The molecule has 0 bridgehead atoms. The molecule has 0 fully saturated rings. The van der Waals surface area contributed by atoms with Gasteiger partial charge in [0.2, 0.25) is 6.79 Å². The van der Waals surface area contributed by atoms with Crippen LogP contribution >= 0.6 is 11.8 Å². The highest BCUT2D eigenvalue weighted by Crippen LogP contribution is 2.33. The van der Waals surface area contributed by atoms with Crippen LogP contribution in [0.15, 0.2) is 18.2 Å². The number of ether oxygens (including phenoxy) is 3. The number of carbonyl (C=O) groups excluding carboxylic acids is 1. The van der Waals surface area contributed by atoms with Crippen molar-refractivity contribution in [2.45, 2.75) is 11.8 Å². The molecule has 1 aromatic rings. The SMILES string of the molecule is COC(=O)C(N)CSCc1ccc2c(c1)OCO2. The Balaban J connectivity index is 1.82. The van der Waals surface area contributed by atoms with Gasteiger partial charge in [-0.15, -0.1) is 0 Å². The monoisotopic (exact) mass is 269 g/mol. The maximum atomic E-state index is 11.1. The summed E-state index contributed by atoms with van der Waals surface area (Å²) in [7, 11) is 1.34. The lowest BCUT2D eigenvalue weighted by atomic mass is 10.2. The highest BCUT2D eigenvalue weighted by atomic mass is 32.2. The van der Waals surface area contributed by atoms with Crippen molar-refractivity contribution >= 4 is 17.7 Å². The van der Waals surface area contributed by atoms with Crippen molar-refractivity contribution in [1.29, 1.82) is 0 Å². The Kier molecular flexibility index (Phi) is 4.33. The number of hydrogen-bond acceptors (Lipinski definition) is 6. The van der Waals surface area contributed by atoms with Crippen LogP contribution in [0.4, 0.5) is 0 Å². The van der Waals surface area contributed by atoms with Crippen LogP contribution in [0.3, 0.4) is 0 Å². The molecule has 0 amide bonds. The number of thioether (sulfide) groups is 1. The van der Waals surface area contributed by atoms with E-state index in [-0.39, 0.29) is 12.8 Å². The minimum absolute atomic E-state index is 0.277. The van der Waals surface area contributed by atoms with Crippen molar-refractivity contribution in [2.24, 2.45) is 5.73 Å². The van der Waals surface area contributed by atoms with Gasteiger partial charge in [0.1, 0.15) is 6.04 Å². The fraction of sp³-hybridized carbons (Fsp3) is 0.417. The van der Waals surface area contributed by atoms with Crippen LogP contribution in [0.25, 0.3) is 0 Å². The smallest absolute Gasteiger partial charge is 0.323 e. The average Bonchev–Trinajstić information content (AvgIpc) is 2.85. The Hall–Kier alpha value is -1.40. The van der Waals surface area contributed by atoms with Gasteiger partial charge in [0.25, 0.3) is 0 Å². The number of esters is 1. The molecular formula is C12H15NO4S. The summed E-state index contributed by atoms with van der Waals surface area (Å²) in [6.07, 6.45) is 0. The van der Waals surface area contributed by atoms with E-state index in [0.29, 0.717) is 5.75 Å². The van der Waals surface area contributed by atoms with E-state index in [2.05, 4.69) is 4.74 Å².